The highest BCUT2D eigenvalue weighted by atomic mass is 35.5. The Bertz CT molecular complexity index is 447. The lowest BCUT2D eigenvalue weighted by molar-refractivity contribution is -0.154. The second kappa shape index (κ2) is 6.76. The molecule has 5 nitrogen and oxygen atoms in total. The number of ether oxygens (including phenoxy) is 1. The molecule has 96 valence electrons. The number of esters is 1. The van der Waals surface area contributed by atoms with Crippen molar-refractivity contribution in [3.8, 4) is 0 Å². The van der Waals surface area contributed by atoms with Crippen LogP contribution in [0.1, 0.15) is 17.3 Å². The molecule has 0 radical (unpaired) electrons. The highest BCUT2D eigenvalue weighted by molar-refractivity contribution is 6.39. The fraction of sp³-hybridized carbons (Fsp3) is 0.250. The molecule has 1 aromatic rings. The van der Waals surface area contributed by atoms with Crippen molar-refractivity contribution in [2.75, 3.05) is 6.61 Å². The molecule has 1 rings (SSSR count). The average Bonchev–Trinajstić information content (AvgIpc) is 2.39. The Balaban J connectivity index is 2.61. The van der Waals surface area contributed by atoms with Crippen molar-refractivity contribution in [2.24, 2.45) is 0 Å². The van der Waals surface area contributed by atoms with Crippen molar-refractivity contribution in [1.29, 1.82) is 0 Å². The van der Waals surface area contributed by atoms with Crippen LogP contribution in [0.25, 0.3) is 0 Å². The fourth-order valence-electron chi connectivity index (χ4n) is 1.18. The number of nitrogens with one attached hydrogen (secondary N) is 1. The second-order valence-electron chi connectivity index (χ2n) is 3.29. The van der Waals surface area contributed by atoms with E-state index in [1.165, 1.54) is 0 Å². The summed E-state index contributed by atoms with van der Waals surface area (Å²) in [6, 6.07) is 8.22. The topological polar surface area (TPSA) is 72.5 Å². The maximum atomic E-state index is 11.8. The summed E-state index contributed by atoms with van der Waals surface area (Å²) in [5.74, 6) is -2.60. The van der Waals surface area contributed by atoms with E-state index in [1.54, 1.807) is 37.3 Å². The minimum Gasteiger partial charge on any atom is -0.459 e. The Morgan fingerprint density at radius 2 is 1.89 bits per heavy atom. The van der Waals surface area contributed by atoms with E-state index in [0.29, 0.717) is 5.56 Å². The molecule has 0 aliphatic carbocycles. The van der Waals surface area contributed by atoms with Crippen molar-refractivity contribution < 1.29 is 19.1 Å². The van der Waals surface area contributed by atoms with Gasteiger partial charge in [-0.3, -0.25) is 9.59 Å². The van der Waals surface area contributed by atoms with E-state index < -0.39 is 23.2 Å². The van der Waals surface area contributed by atoms with E-state index >= 15 is 0 Å². The minimum atomic E-state index is -1.30. The van der Waals surface area contributed by atoms with E-state index in [-0.39, 0.29) is 6.61 Å². The number of carbonyl (C=O) groups excluding carboxylic acids is 3. The molecule has 0 fully saturated rings. The monoisotopic (exact) mass is 269 g/mol. The first-order valence-corrected chi connectivity index (χ1v) is 5.70. The van der Waals surface area contributed by atoms with E-state index in [9.17, 15) is 14.4 Å². The van der Waals surface area contributed by atoms with Gasteiger partial charge in [0.05, 0.1) is 6.61 Å². The summed E-state index contributed by atoms with van der Waals surface area (Å²) >= 11 is 5.72. The lowest BCUT2D eigenvalue weighted by atomic mass is 10.1. The molecule has 0 aliphatic rings. The SMILES string of the molecule is CCOC(=O)C(=O)NC(Cl)C(=O)c1ccccc1. The first-order valence-electron chi connectivity index (χ1n) is 5.27. The highest BCUT2D eigenvalue weighted by Gasteiger charge is 2.23. The molecule has 0 saturated carbocycles. The molecule has 1 amide bonds. The van der Waals surface area contributed by atoms with Gasteiger partial charge in [0.15, 0.2) is 11.3 Å². The minimum absolute atomic E-state index is 0.0752. The summed E-state index contributed by atoms with van der Waals surface area (Å²) < 4.78 is 4.47. The normalized spacial score (nSPS) is 11.4. The van der Waals surface area contributed by atoms with Crippen LogP contribution in [0, 0.1) is 0 Å². The second-order valence-corrected chi connectivity index (χ2v) is 3.72. The molecule has 0 bridgehead atoms. The van der Waals surface area contributed by atoms with Crippen LogP contribution in [0.4, 0.5) is 0 Å². The number of ketones is 1. The zero-order chi connectivity index (χ0) is 13.5. The quantitative estimate of drug-likeness (QED) is 0.292. The number of halogens is 1. The molecule has 0 aliphatic heterocycles. The first kappa shape index (κ1) is 14.2. The third kappa shape index (κ3) is 3.85. The van der Waals surface area contributed by atoms with Gasteiger partial charge in [-0.05, 0) is 6.92 Å². The van der Waals surface area contributed by atoms with Crippen molar-refractivity contribution in [3.63, 3.8) is 0 Å². The molecule has 1 N–H and O–H groups in total. The van der Waals surface area contributed by atoms with Crippen LogP contribution in [0.15, 0.2) is 30.3 Å². The third-order valence-corrected chi connectivity index (χ3v) is 2.31. The molecule has 1 unspecified atom stereocenters. The molecule has 6 heteroatoms. The standard InChI is InChI=1S/C12H12ClNO4/c1-2-18-12(17)11(16)14-10(13)9(15)8-6-4-3-5-7-8/h3-7,10H,2H2,1H3,(H,14,16). The Morgan fingerprint density at radius 3 is 2.44 bits per heavy atom. The summed E-state index contributed by atoms with van der Waals surface area (Å²) in [6.45, 7) is 1.64. The molecule has 18 heavy (non-hydrogen) atoms. The molecular weight excluding hydrogens is 258 g/mol. The Labute approximate surface area is 109 Å². The van der Waals surface area contributed by atoms with Gasteiger partial charge in [-0.15, -0.1) is 0 Å². The van der Waals surface area contributed by atoms with Gasteiger partial charge >= 0.3 is 11.9 Å². The largest absolute Gasteiger partial charge is 0.459 e. The zero-order valence-corrected chi connectivity index (χ0v) is 10.4. The maximum Gasteiger partial charge on any atom is 0.396 e. The number of alkyl halides is 1. The number of carbonyl (C=O) groups is 3. The van der Waals surface area contributed by atoms with E-state index in [0.717, 1.165) is 0 Å². The van der Waals surface area contributed by atoms with Crippen LogP contribution in [0.3, 0.4) is 0 Å². The molecule has 0 spiro atoms. The van der Waals surface area contributed by atoms with Crippen LogP contribution in [-0.4, -0.2) is 29.8 Å². The van der Waals surface area contributed by atoms with Gasteiger partial charge in [-0.1, -0.05) is 41.9 Å². The predicted octanol–water partition coefficient (Wildman–Crippen LogP) is 1.11. The lowest BCUT2D eigenvalue weighted by Gasteiger charge is -2.10. The molecule has 0 aromatic heterocycles. The van der Waals surface area contributed by atoms with E-state index in [4.69, 9.17) is 11.6 Å². The van der Waals surface area contributed by atoms with Crippen LogP contribution >= 0.6 is 11.6 Å². The van der Waals surface area contributed by atoms with Gasteiger partial charge in [0.2, 0.25) is 0 Å². The number of amides is 1. The Morgan fingerprint density at radius 1 is 1.28 bits per heavy atom. The molecule has 0 saturated heterocycles. The summed E-state index contributed by atoms with van der Waals surface area (Å²) in [7, 11) is 0. The molecule has 1 aromatic carbocycles. The summed E-state index contributed by atoms with van der Waals surface area (Å²) in [4.78, 5) is 34.1. The molecule has 0 heterocycles. The number of benzene rings is 1. The Kier molecular flexibility index (Phi) is 5.32. The van der Waals surface area contributed by atoms with E-state index in [2.05, 4.69) is 10.1 Å². The van der Waals surface area contributed by atoms with Gasteiger partial charge in [0.1, 0.15) is 0 Å². The van der Waals surface area contributed by atoms with E-state index in [1.807, 2.05) is 0 Å². The Hall–Kier alpha value is -1.88. The zero-order valence-electron chi connectivity index (χ0n) is 9.68. The number of Topliss-reactive ketones (excluding diaryl/α,β-unsaturated/α-hetero) is 1. The van der Waals surface area contributed by atoms with Crippen LogP contribution < -0.4 is 5.32 Å². The van der Waals surface area contributed by atoms with Gasteiger partial charge in [-0.2, -0.15) is 0 Å². The predicted molar refractivity (Wildman–Crippen MR) is 65.2 cm³/mol. The summed E-state index contributed by atoms with van der Waals surface area (Å²) in [5, 5.41) is 2.07. The number of hydrogen-bond acceptors (Lipinski definition) is 4. The first-order chi connectivity index (χ1) is 8.56. The van der Waals surface area contributed by atoms with Crippen LogP contribution in [0.5, 0.6) is 0 Å². The van der Waals surface area contributed by atoms with Crippen molar-refractivity contribution in [2.45, 2.75) is 12.4 Å². The van der Waals surface area contributed by atoms with Gasteiger partial charge in [0, 0.05) is 5.56 Å². The molecule has 1 atom stereocenters. The van der Waals surface area contributed by atoms with Gasteiger partial charge in [-0.25, -0.2) is 4.79 Å². The summed E-state index contributed by atoms with van der Waals surface area (Å²) in [5.41, 5.74) is -0.953. The lowest BCUT2D eigenvalue weighted by Crippen LogP contribution is -2.41. The highest BCUT2D eigenvalue weighted by Crippen LogP contribution is 2.06. The smallest absolute Gasteiger partial charge is 0.396 e. The van der Waals surface area contributed by atoms with Crippen molar-refractivity contribution in [3.05, 3.63) is 35.9 Å². The van der Waals surface area contributed by atoms with Gasteiger partial charge < -0.3 is 10.1 Å². The van der Waals surface area contributed by atoms with Crippen molar-refractivity contribution in [1.82, 2.24) is 5.32 Å². The maximum absolute atomic E-state index is 11.8. The van der Waals surface area contributed by atoms with Crippen molar-refractivity contribution >= 4 is 29.3 Å². The number of hydrogen-bond donors (Lipinski definition) is 1. The third-order valence-electron chi connectivity index (χ3n) is 2.01. The summed E-state index contributed by atoms with van der Waals surface area (Å²) in [6.07, 6.45) is 0. The number of rotatable bonds is 4. The van der Waals surface area contributed by atoms with Crippen LogP contribution in [0.2, 0.25) is 0 Å². The molecular formula is C12H12ClNO4. The average molecular weight is 270 g/mol. The van der Waals surface area contributed by atoms with Crippen LogP contribution in [-0.2, 0) is 14.3 Å². The van der Waals surface area contributed by atoms with Gasteiger partial charge in [0.25, 0.3) is 0 Å². The fourth-order valence-corrected chi connectivity index (χ4v) is 1.41.